The molecule has 1 amide bonds. The van der Waals surface area contributed by atoms with Gasteiger partial charge in [-0.15, -0.1) is 10.2 Å². The van der Waals surface area contributed by atoms with Crippen molar-refractivity contribution in [1.29, 1.82) is 0 Å². The number of rotatable bonds is 8. The molecule has 0 unspecified atom stereocenters. The molecule has 3 rings (SSSR count). The summed E-state index contributed by atoms with van der Waals surface area (Å²) >= 11 is 0. The number of carbonyl (C=O) groups excluding carboxylic acids is 1. The van der Waals surface area contributed by atoms with Crippen LogP contribution in [0.3, 0.4) is 0 Å². The molecule has 0 radical (unpaired) electrons. The molecule has 1 aliphatic heterocycles. The van der Waals surface area contributed by atoms with Crippen LogP contribution in [-0.4, -0.2) is 59.4 Å². The smallest absolute Gasteiger partial charge is 0.273 e. The first-order valence-corrected chi connectivity index (χ1v) is 10.0. The average molecular weight is 400 g/mol. The lowest BCUT2D eigenvalue weighted by Crippen LogP contribution is -2.38. The number of aromatic amines is 1. The number of amides is 1. The van der Waals surface area contributed by atoms with E-state index in [-0.39, 0.29) is 23.6 Å². The molecular weight excluding hydrogens is 372 g/mol. The molecule has 0 atom stereocenters. The van der Waals surface area contributed by atoms with E-state index < -0.39 is 0 Å². The molecule has 1 fully saturated rings. The zero-order chi connectivity index (χ0) is 20.6. The van der Waals surface area contributed by atoms with Crippen molar-refractivity contribution in [3.63, 3.8) is 0 Å². The number of aromatic nitrogens is 3. The summed E-state index contributed by atoms with van der Waals surface area (Å²) in [5.74, 6) is 1.85. The fourth-order valence-corrected chi connectivity index (χ4v) is 3.25. The lowest BCUT2D eigenvalue weighted by atomic mass is 9.99. The van der Waals surface area contributed by atoms with Crippen molar-refractivity contribution in [3.8, 4) is 17.1 Å². The van der Waals surface area contributed by atoms with Crippen molar-refractivity contribution >= 4 is 5.91 Å². The van der Waals surface area contributed by atoms with Gasteiger partial charge in [-0.3, -0.25) is 9.59 Å². The lowest BCUT2D eigenvalue weighted by molar-refractivity contribution is -0.132. The number of piperidine rings is 1. The van der Waals surface area contributed by atoms with Crippen molar-refractivity contribution in [2.45, 2.75) is 32.6 Å². The summed E-state index contributed by atoms with van der Waals surface area (Å²) in [7, 11) is 1.62. The molecule has 1 N–H and O–H groups in total. The fourth-order valence-electron chi connectivity index (χ4n) is 3.25. The van der Waals surface area contributed by atoms with Gasteiger partial charge in [0.15, 0.2) is 5.82 Å². The Hall–Kier alpha value is -2.74. The zero-order valence-electron chi connectivity index (χ0n) is 17.0. The minimum atomic E-state index is -0.310. The Balaban J connectivity index is 1.57. The van der Waals surface area contributed by atoms with Crippen LogP contribution in [0.4, 0.5) is 0 Å². The van der Waals surface area contributed by atoms with E-state index in [2.05, 4.69) is 22.1 Å². The van der Waals surface area contributed by atoms with E-state index in [4.69, 9.17) is 9.47 Å². The van der Waals surface area contributed by atoms with Crippen LogP contribution in [0, 0.1) is 5.92 Å². The lowest BCUT2D eigenvalue weighted by Gasteiger charge is -2.30. The molecule has 2 heterocycles. The Morgan fingerprint density at radius 1 is 1.17 bits per heavy atom. The summed E-state index contributed by atoms with van der Waals surface area (Å²) in [6, 6.07) is 7.22. The van der Waals surface area contributed by atoms with E-state index >= 15 is 0 Å². The van der Waals surface area contributed by atoms with Gasteiger partial charge in [0.05, 0.1) is 6.61 Å². The Kier molecular flexibility index (Phi) is 7.35. The van der Waals surface area contributed by atoms with Gasteiger partial charge in [0.2, 0.25) is 5.91 Å². The second-order valence-corrected chi connectivity index (χ2v) is 7.38. The van der Waals surface area contributed by atoms with Gasteiger partial charge < -0.3 is 19.4 Å². The number of aryl methyl sites for hydroxylation is 1. The molecule has 2 aromatic rings. The molecule has 0 bridgehead atoms. The van der Waals surface area contributed by atoms with Gasteiger partial charge >= 0.3 is 0 Å². The van der Waals surface area contributed by atoms with Crippen molar-refractivity contribution < 1.29 is 14.3 Å². The van der Waals surface area contributed by atoms with Gasteiger partial charge in [0.1, 0.15) is 18.1 Å². The standard InChI is InChI=1S/C21H28N4O4/c1-15-9-11-25(12-10-15)19(26)8-7-18-21(27)22-20(24-23-18)16-3-5-17(6-4-16)29-14-13-28-2/h3-6,15H,7-14H2,1-2H3,(H,22,24,27). The molecule has 8 heteroatoms. The summed E-state index contributed by atoms with van der Waals surface area (Å²) in [4.78, 5) is 29.4. The third kappa shape index (κ3) is 5.87. The number of nitrogens with zero attached hydrogens (tertiary/aromatic N) is 3. The Labute approximate surface area is 170 Å². The molecular formula is C21H28N4O4. The highest BCUT2D eigenvalue weighted by molar-refractivity contribution is 5.76. The Morgan fingerprint density at radius 2 is 1.90 bits per heavy atom. The number of hydrogen-bond donors (Lipinski definition) is 1. The number of carbonyl (C=O) groups is 1. The summed E-state index contributed by atoms with van der Waals surface area (Å²) in [6.07, 6.45) is 2.65. The highest BCUT2D eigenvalue weighted by atomic mass is 16.5. The highest BCUT2D eigenvalue weighted by Crippen LogP contribution is 2.19. The van der Waals surface area contributed by atoms with Crippen LogP contribution in [0.25, 0.3) is 11.4 Å². The third-order valence-electron chi connectivity index (χ3n) is 5.16. The van der Waals surface area contributed by atoms with Crippen LogP contribution in [0.2, 0.25) is 0 Å². The largest absolute Gasteiger partial charge is 0.491 e. The Morgan fingerprint density at radius 3 is 2.55 bits per heavy atom. The molecule has 29 heavy (non-hydrogen) atoms. The summed E-state index contributed by atoms with van der Waals surface area (Å²) < 4.78 is 10.5. The molecule has 1 aliphatic rings. The number of nitrogens with one attached hydrogen (secondary N) is 1. The number of methoxy groups -OCH3 is 1. The van der Waals surface area contributed by atoms with Crippen LogP contribution in [-0.2, 0) is 16.0 Å². The average Bonchev–Trinajstić information content (AvgIpc) is 2.74. The normalized spacial score (nSPS) is 14.8. The van der Waals surface area contributed by atoms with E-state index in [0.29, 0.717) is 37.1 Å². The summed E-state index contributed by atoms with van der Waals surface area (Å²) in [5.41, 5.74) is 0.709. The van der Waals surface area contributed by atoms with Crippen molar-refractivity contribution in [1.82, 2.24) is 20.1 Å². The molecule has 1 aromatic heterocycles. The number of likely N-dealkylation sites (tertiary alicyclic amines) is 1. The van der Waals surface area contributed by atoms with E-state index in [1.807, 2.05) is 17.0 Å². The maximum atomic E-state index is 12.4. The van der Waals surface area contributed by atoms with Crippen LogP contribution < -0.4 is 10.3 Å². The maximum Gasteiger partial charge on any atom is 0.273 e. The SMILES string of the molecule is COCCOc1ccc(-c2nnc(CCC(=O)N3CCC(C)CC3)c(=O)[nH]2)cc1. The van der Waals surface area contributed by atoms with Crippen molar-refractivity contribution in [2.24, 2.45) is 5.92 Å². The Bertz CT molecular complexity index is 858. The predicted molar refractivity (Wildman–Crippen MR) is 109 cm³/mol. The first-order valence-electron chi connectivity index (χ1n) is 10.0. The highest BCUT2D eigenvalue weighted by Gasteiger charge is 2.20. The minimum Gasteiger partial charge on any atom is -0.491 e. The van der Waals surface area contributed by atoms with Gasteiger partial charge in [-0.05, 0) is 43.0 Å². The van der Waals surface area contributed by atoms with Crippen LogP contribution in [0.15, 0.2) is 29.1 Å². The number of H-pyrrole nitrogens is 1. The van der Waals surface area contributed by atoms with E-state index in [1.165, 1.54) is 0 Å². The van der Waals surface area contributed by atoms with Crippen LogP contribution in [0.5, 0.6) is 5.75 Å². The third-order valence-corrected chi connectivity index (χ3v) is 5.16. The molecule has 1 aromatic carbocycles. The topological polar surface area (TPSA) is 97.4 Å². The van der Waals surface area contributed by atoms with Crippen molar-refractivity contribution in [3.05, 3.63) is 40.3 Å². The van der Waals surface area contributed by atoms with Gasteiger partial charge in [0.25, 0.3) is 5.56 Å². The molecule has 156 valence electrons. The van der Waals surface area contributed by atoms with E-state index in [1.54, 1.807) is 19.2 Å². The van der Waals surface area contributed by atoms with E-state index in [0.717, 1.165) is 31.5 Å². The monoisotopic (exact) mass is 400 g/mol. The van der Waals surface area contributed by atoms with Gasteiger partial charge in [0, 0.05) is 38.6 Å². The minimum absolute atomic E-state index is 0.0752. The number of hydrogen-bond acceptors (Lipinski definition) is 6. The first kappa shape index (κ1) is 21.0. The molecule has 8 nitrogen and oxygen atoms in total. The van der Waals surface area contributed by atoms with Crippen LogP contribution in [0.1, 0.15) is 31.9 Å². The predicted octanol–water partition coefficient (Wildman–Crippen LogP) is 2.05. The van der Waals surface area contributed by atoms with Crippen molar-refractivity contribution in [2.75, 3.05) is 33.4 Å². The fraction of sp³-hybridized carbons (Fsp3) is 0.524. The van der Waals surface area contributed by atoms with E-state index in [9.17, 15) is 9.59 Å². The van der Waals surface area contributed by atoms with Crippen LogP contribution >= 0.6 is 0 Å². The van der Waals surface area contributed by atoms with Gasteiger partial charge in [-0.2, -0.15) is 0 Å². The molecule has 0 spiro atoms. The number of ether oxygens (including phenoxy) is 2. The zero-order valence-corrected chi connectivity index (χ0v) is 17.0. The number of benzene rings is 1. The molecule has 0 saturated carbocycles. The quantitative estimate of drug-likeness (QED) is 0.681. The van der Waals surface area contributed by atoms with Gasteiger partial charge in [-0.25, -0.2) is 0 Å². The second-order valence-electron chi connectivity index (χ2n) is 7.38. The second kappa shape index (κ2) is 10.2. The molecule has 1 saturated heterocycles. The molecule has 0 aliphatic carbocycles. The first-order chi connectivity index (χ1) is 14.1. The summed E-state index contributed by atoms with van der Waals surface area (Å²) in [6.45, 7) is 4.79. The van der Waals surface area contributed by atoms with Gasteiger partial charge in [-0.1, -0.05) is 6.92 Å². The maximum absolute atomic E-state index is 12.4. The summed E-state index contributed by atoms with van der Waals surface area (Å²) in [5, 5.41) is 8.18.